The van der Waals surface area contributed by atoms with E-state index in [0.29, 0.717) is 17.7 Å². The smallest absolute Gasteiger partial charge is 0.314 e. The lowest BCUT2D eigenvalue weighted by atomic mass is 9.83. The van der Waals surface area contributed by atoms with Gasteiger partial charge in [0.15, 0.2) is 5.78 Å². The van der Waals surface area contributed by atoms with E-state index >= 15 is 0 Å². The minimum Gasteiger partial charge on any atom is -0.481 e. The monoisotopic (exact) mass is 447 g/mol. The summed E-state index contributed by atoms with van der Waals surface area (Å²) >= 11 is 1.36. The Bertz CT molecular complexity index is 963. The molecule has 0 spiro atoms. The predicted molar refractivity (Wildman–Crippen MR) is 126 cm³/mol. The van der Waals surface area contributed by atoms with Crippen molar-refractivity contribution in [1.29, 1.82) is 0 Å². The molecule has 1 aromatic heterocycles. The summed E-state index contributed by atoms with van der Waals surface area (Å²) in [6.07, 6.45) is 4.73. The number of benzene rings is 1. The standard InChI is InChI=1S/C24H29NO3S.ClH/c1-5-12-24(2,23(27)28)21-15-19-18(11-8-13-25(3)4)17-10-7-6-9-16(17)14-20(26)22(19)29-21;/h6-7,9-11,15H,5,8,12-14H2,1-4H3,(H,27,28);1H/b18-11-;. The van der Waals surface area contributed by atoms with Crippen LogP contribution in [0.15, 0.2) is 36.4 Å². The molecule has 0 aliphatic heterocycles. The van der Waals surface area contributed by atoms with Crippen molar-refractivity contribution in [1.82, 2.24) is 4.90 Å². The maximum Gasteiger partial charge on any atom is 0.314 e. The minimum absolute atomic E-state index is 0. The fraction of sp³-hybridized carbons (Fsp3) is 0.417. The third-order valence-electron chi connectivity index (χ3n) is 5.62. The molecule has 1 N–H and O–H groups in total. The van der Waals surface area contributed by atoms with Crippen molar-refractivity contribution in [3.63, 3.8) is 0 Å². The Hall–Kier alpha value is -1.95. The second kappa shape index (κ2) is 9.90. The van der Waals surface area contributed by atoms with E-state index in [-0.39, 0.29) is 18.2 Å². The average molecular weight is 448 g/mol. The lowest BCUT2D eigenvalue weighted by Gasteiger charge is -2.22. The fourth-order valence-corrected chi connectivity index (χ4v) is 5.20. The molecule has 30 heavy (non-hydrogen) atoms. The predicted octanol–water partition coefficient (Wildman–Crippen LogP) is 5.43. The number of carboxylic acids is 1. The third kappa shape index (κ3) is 4.69. The van der Waals surface area contributed by atoms with E-state index in [2.05, 4.69) is 17.0 Å². The van der Waals surface area contributed by atoms with Crippen molar-refractivity contribution < 1.29 is 14.7 Å². The zero-order chi connectivity index (χ0) is 21.2. The van der Waals surface area contributed by atoms with E-state index in [9.17, 15) is 14.7 Å². The molecule has 6 heteroatoms. The quantitative estimate of drug-likeness (QED) is 0.614. The van der Waals surface area contributed by atoms with Gasteiger partial charge < -0.3 is 10.0 Å². The number of hydrogen-bond donors (Lipinski definition) is 1. The highest BCUT2D eigenvalue weighted by atomic mass is 35.5. The molecule has 1 unspecified atom stereocenters. The van der Waals surface area contributed by atoms with Crippen molar-refractivity contribution in [2.75, 3.05) is 20.6 Å². The van der Waals surface area contributed by atoms with Gasteiger partial charge in [-0.05, 0) is 56.6 Å². The zero-order valence-corrected chi connectivity index (χ0v) is 19.7. The molecule has 1 heterocycles. The molecular weight excluding hydrogens is 418 g/mol. The first-order chi connectivity index (χ1) is 13.8. The minimum atomic E-state index is -0.972. The molecule has 0 radical (unpaired) electrons. The summed E-state index contributed by atoms with van der Waals surface area (Å²) in [6, 6.07) is 10.0. The van der Waals surface area contributed by atoms with Gasteiger partial charge in [-0.25, -0.2) is 0 Å². The third-order valence-corrected chi connectivity index (χ3v) is 7.06. The highest BCUT2D eigenvalue weighted by Gasteiger charge is 2.38. The molecule has 2 aromatic rings. The summed E-state index contributed by atoms with van der Waals surface area (Å²) in [6.45, 7) is 4.68. The van der Waals surface area contributed by atoms with E-state index in [1.54, 1.807) is 6.92 Å². The van der Waals surface area contributed by atoms with Crippen LogP contribution in [0.4, 0.5) is 0 Å². The van der Waals surface area contributed by atoms with Gasteiger partial charge in [0, 0.05) is 23.4 Å². The summed E-state index contributed by atoms with van der Waals surface area (Å²) < 4.78 is 0. The molecule has 1 atom stereocenters. The van der Waals surface area contributed by atoms with E-state index < -0.39 is 11.4 Å². The van der Waals surface area contributed by atoms with Crippen molar-refractivity contribution in [2.24, 2.45) is 0 Å². The number of Topliss-reactive ketones (excluding diaryl/α,β-unsaturated/α-hetero) is 1. The lowest BCUT2D eigenvalue weighted by Crippen LogP contribution is -2.31. The van der Waals surface area contributed by atoms with Crippen LogP contribution in [0.2, 0.25) is 0 Å². The SMILES string of the molecule is CCCC(C)(C(=O)O)c1cc2c(s1)C(=O)Cc1ccccc1/C2=C/CCN(C)C.Cl. The number of thiophene rings is 1. The number of carbonyl (C=O) groups is 2. The number of carboxylic acid groups (broad SMARTS) is 1. The van der Waals surface area contributed by atoms with Gasteiger partial charge in [0.05, 0.1) is 10.3 Å². The Morgan fingerprint density at radius 2 is 1.97 bits per heavy atom. The van der Waals surface area contributed by atoms with Gasteiger partial charge in [0.2, 0.25) is 0 Å². The molecule has 0 bridgehead atoms. The van der Waals surface area contributed by atoms with Gasteiger partial charge in [0.25, 0.3) is 0 Å². The second-order valence-corrected chi connectivity index (χ2v) is 9.26. The van der Waals surface area contributed by atoms with Crippen molar-refractivity contribution in [3.8, 4) is 0 Å². The van der Waals surface area contributed by atoms with Gasteiger partial charge in [-0.1, -0.05) is 43.7 Å². The van der Waals surface area contributed by atoms with Gasteiger partial charge in [-0.2, -0.15) is 0 Å². The Labute approximate surface area is 189 Å². The molecule has 0 amide bonds. The number of fused-ring (bicyclic) bond motifs is 2. The molecular formula is C24H30ClNO3S. The highest BCUT2D eigenvalue weighted by molar-refractivity contribution is 7.14. The maximum absolute atomic E-state index is 13.1. The van der Waals surface area contributed by atoms with Crippen LogP contribution < -0.4 is 0 Å². The number of aliphatic carboxylic acids is 1. The van der Waals surface area contributed by atoms with E-state index in [0.717, 1.165) is 46.5 Å². The zero-order valence-electron chi connectivity index (χ0n) is 18.0. The Morgan fingerprint density at radius 1 is 1.27 bits per heavy atom. The van der Waals surface area contributed by atoms with Crippen LogP contribution >= 0.6 is 23.7 Å². The van der Waals surface area contributed by atoms with Crippen LogP contribution in [0.25, 0.3) is 5.57 Å². The van der Waals surface area contributed by atoms with E-state index in [4.69, 9.17) is 0 Å². The van der Waals surface area contributed by atoms with Crippen LogP contribution in [0.3, 0.4) is 0 Å². The van der Waals surface area contributed by atoms with Crippen LogP contribution in [0, 0.1) is 0 Å². The first-order valence-corrected chi connectivity index (χ1v) is 10.9. The Morgan fingerprint density at radius 3 is 2.60 bits per heavy atom. The lowest BCUT2D eigenvalue weighted by molar-refractivity contribution is -0.143. The van der Waals surface area contributed by atoms with E-state index in [1.807, 2.05) is 45.3 Å². The number of nitrogens with zero attached hydrogens (tertiary/aromatic N) is 1. The van der Waals surface area contributed by atoms with Gasteiger partial charge in [0.1, 0.15) is 0 Å². The number of halogens is 1. The van der Waals surface area contributed by atoms with Crippen molar-refractivity contribution in [2.45, 2.75) is 44.9 Å². The Kier molecular flexibility index (Phi) is 8.03. The van der Waals surface area contributed by atoms with Gasteiger partial charge in [-0.15, -0.1) is 23.7 Å². The summed E-state index contributed by atoms with van der Waals surface area (Å²) in [7, 11) is 4.08. The molecule has 1 aliphatic rings. The number of rotatable bonds is 7. The molecule has 0 saturated carbocycles. The van der Waals surface area contributed by atoms with Crippen molar-refractivity contribution in [3.05, 3.63) is 62.9 Å². The average Bonchev–Trinajstić information content (AvgIpc) is 3.07. The van der Waals surface area contributed by atoms with Crippen molar-refractivity contribution >= 4 is 41.1 Å². The summed E-state index contributed by atoms with van der Waals surface area (Å²) in [5.74, 6) is -0.759. The van der Waals surface area contributed by atoms with Gasteiger partial charge in [-0.3, -0.25) is 9.59 Å². The number of carbonyl (C=O) groups excluding carboxylic acids is 1. The largest absolute Gasteiger partial charge is 0.481 e. The van der Waals surface area contributed by atoms with E-state index in [1.165, 1.54) is 11.3 Å². The molecule has 3 rings (SSSR count). The second-order valence-electron chi connectivity index (χ2n) is 8.21. The summed E-state index contributed by atoms with van der Waals surface area (Å²) in [4.78, 5) is 28.8. The van der Waals surface area contributed by atoms with Crippen LogP contribution in [-0.4, -0.2) is 42.4 Å². The van der Waals surface area contributed by atoms with Crippen LogP contribution in [-0.2, 0) is 16.6 Å². The Balaban J connectivity index is 0.00000320. The maximum atomic E-state index is 13.1. The highest BCUT2D eigenvalue weighted by Crippen LogP contribution is 2.43. The molecule has 1 aliphatic carbocycles. The number of hydrogen-bond acceptors (Lipinski definition) is 4. The number of ketones is 1. The molecule has 0 saturated heterocycles. The summed E-state index contributed by atoms with van der Waals surface area (Å²) in [5, 5.41) is 9.93. The summed E-state index contributed by atoms with van der Waals surface area (Å²) in [5.41, 5.74) is 3.08. The van der Waals surface area contributed by atoms with Crippen LogP contribution in [0.5, 0.6) is 0 Å². The first-order valence-electron chi connectivity index (χ1n) is 10.1. The molecule has 0 fully saturated rings. The molecule has 1 aromatic carbocycles. The fourth-order valence-electron chi connectivity index (χ4n) is 3.93. The van der Waals surface area contributed by atoms with Gasteiger partial charge >= 0.3 is 5.97 Å². The molecule has 162 valence electrons. The topological polar surface area (TPSA) is 57.6 Å². The first kappa shape index (κ1) is 24.3. The molecule has 4 nitrogen and oxygen atoms in total. The normalized spacial score (nSPS) is 16.4. The van der Waals surface area contributed by atoms with Crippen LogP contribution in [0.1, 0.15) is 64.3 Å².